The van der Waals surface area contributed by atoms with Gasteiger partial charge in [0.05, 0.1) is 6.42 Å². The van der Waals surface area contributed by atoms with Crippen LogP contribution in [0.1, 0.15) is 38.6 Å². The Labute approximate surface area is 173 Å². The number of carbonyl (C=O) groups excluding carboxylic acids is 2. The summed E-state index contributed by atoms with van der Waals surface area (Å²) < 4.78 is 10.1. The summed E-state index contributed by atoms with van der Waals surface area (Å²) in [6, 6.07) is 9.50. The van der Waals surface area contributed by atoms with Crippen LogP contribution in [0.25, 0.3) is 11.4 Å². The predicted molar refractivity (Wildman–Crippen MR) is 111 cm³/mol. The minimum absolute atomic E-state index is 0.0426. The third-order valence-electron chi connectivity index (χ3n) is 4.19. The molecule has 8 heteroatoms. The molecule has 2 aromatic heterocycles. The van der Waals surface area contributed by atoms with Crippen molar-refractivity contribution in [3.05, 3.63) is 52.5 Å². The van der Waals surface area contributed by atoms with Gasteiger partial charge in [-0.25, -0.2) is 0 Å². The summed E-state index contributed by atoms with van der Waals surface area (Å²) in [7, 11) is 0. The Bertz CT molecular complexity index is 957. The van der Waals surface area contributed by atoms with Crippen LogP contribution in [-0.4, -0.2) is 28.6 Å². The number of anilines is 1. The van der Waals surface area contributed by atoms with Crippen LogP contribution in [0.15, 0.2) is 45.6 Å². The van der Waals surface area contributed by atoms with E-state index < -0.39 is 5.97 Å². The molecule has 1 N–H and O–H groups in total. The predicted octanol–water partition coefficient (Wildman–Crippen LogP) is 4.21. The monoisotopic (exact) mass is 413 g/mol. The van der Waals surface area contributed by atoms with Crippen molar-refractivity contribution in [2.24, 2.45) is 0 Å². The van der Waals surface area contributed by atoms with Crippen molar-refractivity contribution >= 4 is 28.9 Å². The van der Waals surface area contributed by atoms with E-state index in [4.69, 9.17) is 9.26 Å². The van der Waals surface area contributed by atoms with Gasteiger partial charge in [0.15, 0.2) is 6.61 Å². The highest BCUT2D eigenvalue weighted by molar-refractivity contribution is 7.08. The lowest BCUT2D eigenvalue weighted by atomic mass is 9.87. The first-order valence-electron chi connectivity index (χ1n) is 9.22. The lowest BCUT2D eigenvalue weighted by Gasteiger charge is -2.19. The molecule has 0 unspecified atom stereocenters. The first-order valence-corrected chi connectivity index (χ1v) is 10.2. The van der Waals surface area contributed by atoms with Crippen molar-refractivity contribution in [3.63, 3.8) is 0 Å². The number of hydrogen-bond acceptors (Lipinski definition) is 7. The highest BCUT2D eigenvalue weighted by Gasteiger charge is 2.15. The molecule has 1 aromatic carbocycles. The minimum atomic E-state index is -0.501. The van der Waals surface area contributed by atoms with Crippen LogP contribution in [-0.2, 0) is 26.2 Å². The highest BCUT2D eigenvalue weighted by atomic mass is 32.1. The smallest absolute Gasteiger partial charge is 0.306 e. The van der Waals surface area contributed by atoms with Gasteiger partial charge < -0.3 is 14.6 Å². The van der Waals surface area contributed by atoms with E-state index in [9.17, 15) is 9.59 Å². The van der Waals surface area contributed by atoms with Crippen molar-refractivity contribution in [2.45, 2.75) is 39.0 Å². The third kappa shape index (κ3) is 5.99. The van der Waals surface area contributed by atoms with E-state index in [2.05, 4.69) is 36.2 Å². The molecule has 29 heavy (non-hydrogen) atoms. The average Bonchev–Trinajstić information content (AvgIpc) is 3.36. The van der Waals surface area contributed by atoms with Crippen LogP contribution in [0.4, 0.5) is 5.69 Å². The maximum atomic E-state index is 12.0. The van der Waals surface area contributed by atoms with Gasteiger partial charge in [-0.15, -0.1) is 0 Å². The number of aromatic nitrogens is 2. The molecule has 3 rings (SSSR count). The molecule has 0 saturated carbocycles. The Balaban J connectivity index is 1.40. The van der Waals surface area contributed by atoms with E-state index >= 15 is 0 Å². The summed E-state index contributed by atoms with van der Waals surface area (Å²) in [5.41, 5.74) is 2.75. The number of ether oxygens (including phenoxy) is 1. The van der Waals surface area contributed by atoms with Crippen LogP contribution in [0.5, 0.6) is 0 Å². The summed E-state index contributed by atoms with van der Waals surface area (Å²) in [6.07, 6.45) is 0.310. The zero-order valence-corrected chi connectivity index (χ0v) is 17.4. The summed E-state index contributed by atoms with van der Waals surface area (Å²) in [6.45, 7) is 6.02. The second-order valence-corrected chi connectivity index (χ2v) is 8.34. The van der Waals surface area contributed by atoms with E-state index in [1.165, 1.54) is 16.9 Å². The van der Waals surface area contributed by atoms with Crippen molar-refractivity contribution in [1.82, 2.24) is 10.1 Å². The normalized spacial score (nSPS) is 11.3. The molecule has 0 spiro atoms. The van der Waals surface area contributed by atoms with Gasteiger partial charge in [-0.2, -0.15) is 16.3 Å². The van der Waals surface area contributed by atoms with Crippen molar-refractivity contribution in [2.75, 3.05) is 11.9 Å². The maximum absolute atomic E-state index is 12.0. The first-order chi connectivity index (χ1) is 13.8. The van der Waals surface area contributed by atoms with Gasteiger partial charge in [-0.1, -0.05) is 38.1 Å². The van der Waals surface area contributed by atoms with Crippen LogP contribution < -0.4 is 5.32 Å². The Kier molecular flexibility index (Phi) is 6.43. The molecule has 152 valence electrons. The van der Waals surface area contributed by atoms with E-state index in [0.29, 0.717) is 17.4 Å². The quantitative estimate of drug-likeness (QED) is 0.583. The van der Waals surface area contributed by atoms with Gasteiger partial charge in [0.25, 0.3) is 5.91 Å². The number of rotatable bonds is 7. The first kappa shape index (κ1) is 20.7. The van der Waals surface area contributed by atoms with Crippen LogP contribution >= 0.6 is 11.3 Å². The van der Waals surface area contributed by atoms with Gasteiger partial charge in [0.1, 0.15) is 0 Å². The lowest BCUT2D eigenvalue weighted by molar-refractivity contribution is -0.147. The summed E-state index contributed by atoms with van der Waals surface area (Å²) in [5, 5.41) is 10.4. The molecule has 0 aliphatic carbocycles. The van der Waals surface area contributed by atoms with E-state index in [1.54, 1.807) is 0 Å². The Morgan fingerprint density at radius 3 is 2.59 bits per heavy atom. The number of nitrogens with zero attached hydrogens (tertiary/aromatic N) is 2. The van der Waals surface area contributed by atoms with E-state index in [0.717, 1.165) is 5.56 Å². The van der Waals surface area contributed by atoms with Gasteiger partial charge in [0.2, 0.25) is 11.7 Å². The number of esters is 1. The number of hydrogen-bond donors (Lipinski definition) is 1. The standard InChI is InChI=1S/C21H23N3O4S/c1-21(2,3)15-4-6-16(7-5-15)22-17(25)12-27-19(26)9-8-18-23-20(24-28-18)14-10-11-29-13-14/h4-7,10-11,13H,8-9,12H2,1-3H3,(H,22,25). The van der Waals surface area contributed by atoms with Crippen LogP contribution in [0.2, 0.25) is 0 Å². The molecule has 0 fully saturated rings. The summed E-state index contributed by atoms with van der Waals surface area (Å²) in [4.78, 5) is 28.1. The third-order valence-corrected chi connectivity index (χ3v) is 4.87. The second kappa shape index (κ2) is 9.00. The number of benzene rings is 1. The summed E-state index contributed by atoms with van der Waals surface area (Å²) >= 11 is 1.54. The summed E-state index contributed by atoms with van der Waals surface area (Å²) in [5.74, 6) is -0.0454. The molecule has 0 saturated heterocycles. The fourth-order valence-corrected chi connectivity index (χ4v) is 3.18. The van der Waals surface area contributed by atoms with Crippen molar-refractivity contribution < 1.29 is 18.8 Å². The highest BCUT2D eigenvalue weighted by Crippen LogP contribution is 2.23. The number of aryl methyl sites for hydroxylation is 1. The Hall–Kier alpha value is -3.00. The van der Waals surface area contributed by atoms with Crippen LogP contribution in [0, 0.1) is 0 Å². The van der Waals surface area contributed by atoms with E-state index in [-0.39, 0.29) is 30.8 Å². The zero-order valence-electron chi connectivity index (χ0n) is 16.6. The largest absolute Gasteiger partial charge is 0.456 e. The zero-order chi connectivity index (χ0) is 20.9. The molecule has 1 amide bonds. The number of carbonyl (C=O) groups is 2. The number of amides is 1. The van der Waals surface area contributed by atoms with Gasteiger partial charge in [0, 0.05) is 23.1 Å². The van der Waals surface area contributed by atoms with Gasteiger partial charge in [-0.3, -0.25) is 9.59 Å². The molecule has 0 aliphatic heterocycles. The van der Waals surface area contributed by atoms with Crippen molar-refractivity contribution in [3.8, 4) is 11.4 Å². The van der Waals surface area contributed by atoms with Gasteiger partial charge in [-0.05, 0) is 34.6 Å². The molecular formula is C21H23N3O4S. The SMILES string of the molecule is CC(C)(C)c1ccc(NC(=O)COC(=O)CCc2nc(-c3ccsc3)no2)cc1. The topological polar surface area (TPSA) is 94.3 Å². The maximum Gasteiger partial charge on any atom is 0.306 e. The fourth-order valence-electron chi connectivity index (χ4n) is 2.54. The van der Waals surface area contributed by atoms with E-state index in [1.807, 2.05) is 41.1 Å². The second-order valence-electron chi connectivity index (χ2n) is 7.56. The minimum Gasteiger partial charge on any atom is -0.456 e. The average molecular weight is 413 g/mol. The molecule has 3 aromatic rings. The molecule has 2 heterocycles. The Morgan fingerprint density at radius 2 is 1.93 bits per heavy atom. The van der Waals surface area contributed by atoms with Crippen molar-refractivity contribution in [1.29, 1.82) is 0 Å². The molecular weight excluding hydrogens is 390 g/mol. The lowest BCUT2D eigenvalue weighted by Crippen LogP contribution is -2.21. The molecule has 0 atom stereocenters. The molecule has 0 bridgehead atoms. The molecule has 0 aliphatic rings. The van der Waals surface area contributed by atoms with Crippen LogP contribution in [0.3, 0.4) is 0 Å². The number of nitrogens with one attached hydrogen (secondary N) is 1. The number of thiophene rings is 1. The fraction of sp³-hybridized carbons (Fsp3) is 0.333. The van der Waals surface area contributed by atoms with Gasteiger partial charge >= 0.3 is 5.97 Å². The molecule has 7 nitrogen and oxygen atoms in total. The molecule has 0 radical (unpaired) electrons. The Morgan fingerprint density at radius 1 is 1.17 bits per heavy atom.